The quantitative estimate of drug-likeness (QED) is 0.832. The summed E-state index contributed by atoms with van der Waals surface area (Å²) in [5.41, 5.74) is -0.524. The molecule has 0 aliphatic rings. The van der Waals surface area contributed by atoms with Gasteiger partial charge in [-0.3, -0.25) is 4.79 Å². The van der Waals surface area contributed by atoms with Gasteiger partial charge in [0.25, 0.3) is 0 Å². The van der Waals surface area contributed by atoms with Gasteiger partial charge in [0.2, 0.25) is 0 Å². The van der Waals surface area contributed by atoms with E-state index in [-0.39, 0.29) is 15.2 Å². The van der Waals surface area contributed by atoms with Gasteiger partial charge in [-0.15, -0.1) is 0 Å². The van der Waals surface area contributed by atoms with Gasteiger partial charge in [-0.05, 0) is 48.8 Å². The third-order valence-electron chi connectivity index (χ3n) is 2.59. The molecule has 1 aromatic rings. The van der Waals surface area contributed by atoms with Crippen LogP contribution in [-0.4, -0.2) is 34.1 Å². The predicted octanol–water partition coefficient (Wildman–Crippen LogP) is 3.96. The summed E-state index contributed by atoms with van der Waals surface area (Å²) in [7, 11) is 0. The van der Waals surface area contributed by atoms with Crippen molar-refractivity contribution in [3.8, 4) is 0 Å². The molecule has 8 heteroatoms. The Morgan fingerprint density at radius 2 is 2.00 bits per heavy atom. The van der Waals surface area contributed by atoms with Gasteiger partial charge in [0, 0.05) is 10.0 Å². The number of urea groups is 1. The number of carboxylic acids is 1. The van der Waals surface area contributed by atoms with Crippen molar-refractivity contribution in [3.05, 3.63) is 27.4 Å². The highest BCUT2D eigenvalue weighted by atomic mass is 79.9. The van der Waals surface area contributed by atoms with E-state index in [0.717, 1.165) is 17.0 Å². The standard InChI is InChI=1S/C13H15BrClFN2O3/c1-13(2,3)18(6-10(19)20)12(21)17-11-8(14)4-7(16)5-9(11)15/h4-5H,6H2,1-3H3,(H,17,21)(H,19,20). The third-order valence-corrected chi connectivity index (χ3v) is 3.51. The predicted molar refractivity (Wildman–Crippen MR) is 82.2 cm³/mol. The Labute approximate surface area is 135 Å². The monoisotopic (exact) mass is 380 g/mol. The zero-order valence-electron chi connectivity index (χ0n) is 11.7. The minimum absolute atomic E-state index is 0.0133. The number of amides is 2. The summed E-state index contributed by atoms with van der Waals surface area (Å²) < 4.78 is 13.4. The second-order valence-electron chi connectivity index (χ2n) is 5.33. The molecule has 2 amide bonds. The molecule has 116 valence electrons. The molecular weight excluding hydrogens is 367 g/mol. The van der Waals surface area contributed by atoms with Crippen LogP contribution in [0.25, 0.3) is 0 Å². The molecule has 0 heterocycles. The molecule has 0 aliphatic carbocycles. The lowest BCUT2D eigenvalue weighted by Gasteiger charge is -2.34. The first-order valence-electron chi connectivity index (χ1n) is 5.97. The highest BCUT2D eigenvalue weighted by molar-refractivity contribution is 9.10. The van der Waals surface area contributed by atoms with Crippen molar-refractivity contribution >= 4 is 45.2 Å². The minimum atomic E-state index is -1.13. The maximum atomic E-state index is 13.2. The summed E-state index contributed by atoms with van der Waals surface area (Å²) in [4.78, 5) is 24.3. The summed E-state index contributed by atoms with van der Waals surface area (Å²) in [6.45, 7) is 4.65. The van der Waals surface area contributed by atoms with Gasteiger partial charge < -0.3 is 15.3 Å². The van der Waals surface area contributed by atoms with E-state index >= 15 is 0 Å². The fraction of sp³-hybridized carbons (Fsp3) is 0.385. The van der Waals surface area contributed by atoms with E-state index in [1.807, 2.05) is 0 Å². The van der Waals surface area contributed by atoms with E-state index in [0.29, 0.717) is 0 Å². The van der Waals surface area contributed by atoms with E-state index in [9.17, 15) is 14.0 Å². The number of carboxylic acid groups (broad SMARTS) is 1. The van der Waals surface area contributed by atoms with E-state index in [4.69, 9.17) is 16.7 Å². The van der Waals surface area contributed by atoms with Gasteiger partial charge in [-0.25, -0.2) is 9.18 Å². The van der Waals surface area contributed by atoms with Gasteiger partial charge in [-0.2, -0.15) is 0 Å². The molecule has 1 aromatic carbocycles. The van der Waals surface area contributed by atoms with Gasteiger partial charge in [0.05, 0.1) is 10.7 Å². The average molecular weight is 382 g/mol. The number of nitrogens with one attached hydrogen (secondary N) is 1. The molecule has 0 spiro atoms. The zero-order chi connectivity index (χ0) is 16.4. The van der Waals surface area contributed by atoms with Crippen LogP contribution >= 0.6 is 27.5 Å². The Morgan fingerprint density at radius 1 is 1.43 bits per heavy atom. The van der Waals surface area contributed by atoms with Crippen LogP contribution in [0.2, 0.25) is 5.02 Å². The van der Waals surface area contributed by atoms with Gasteiger partial charge in [0.15, 0.2) is 0 Å². The number of halogens is 3. The van der Waals surface area contributed by atoms with E-state index in [2.05, 4.69) is 21.2 Å². The summed E-state index contributed by atoms with van der Waals surface area (Å²) in [6, 6.07) is 1.57. The molecule has 21 heavy (non-hydrogen) atoms. The molecule has 0 saturated carbocycles. The molecular formula is C13H15BrClFN2O3. The molecule has 0 bridgehead atoms. The van der Waals surface area contributed by atoms with Crippen molar-refractivity contribution in [1.29, 1.82) is 0 Å². The lowest BCUT2D eigenvalue weighted by Crippen LogP contribution is -2.50. The first-order valence-corrected chi connectivity index (χ1v) is 7.14. The highest BCUT2D eigenvalue weighted by Crippen LogP contribution is 2.32. The van der Waals surface area contributed by atoms with Crippen LogP contribution < -0.4 is 5.32 Å². The summed E-state index contributed by atoms with van der Waals surface area (Å²) in [5.74, 6) is -1.69. The normalized spacial score (nSPS) is 11.1. The van der Waals surface area contributed by atoms with Crippen LogP contribution in [0.3, 0.4) is 0 Å². The van der Waals surface area contributed by atoms with Crippen molar-refractivity contribution in [2.45, 2.75) is 26.3 Å². The van der Waals surface area contributed by atoms with E-state index < -0.39 is 29.9 Å². The molecule has 1 rings (SSSR count). The molecule has 0 radical (unpaired) electrons. The van der Waals surface area contributed by atoms with Crippen LogP contribution in [0, 0.1) is 5.82 Å². The van der Waals surface area contributed by atoms with Crippen molar-refractivity contribution in [2.75, 3.05) is 11.9 Å². The summed E-state index contributed by atoms with van der Waals surface area (Å²) in [5, 5.41) is 11.4. The lowest BCUT2D eigenvalue weighted by molar-refractivity contribution is -0.138. The summed E-state index contributed by atoms with van der Waals surface area (Å²) >= 11 is 8.99. The number of hydrogen-bond donors (Lipinski definition) is 2. The smallest absolute Gasteiger partial charge is 0.323 e. The van der Waals surface area contributed by atoms with Crippen LogP contribution in [-0.2, 0) is 4.79 Å². The fourth-order valence-corrected chi connectivity index (χ4v) is 2.48. The largest absolute Gasteiger partial charge is 0.480 e. The minimum Gasteiger partial charge on any atom is -0.480 e. The van der Waals surface area contributed by atoms with Crippen LogP contribution in [0.5, 0.6) is 0 Å². The molecule has 0 fully saturated rings. The molecule has 2 N–H and O–H groups in total. The van der Waals surface area contributed by atoms with Gasteiger partial charge >= 0.3 is 12.0 Å². The highest BCUT2D eigenvalue weighted by Gasteiger charge is 2.29. The maximum Gasteiger partial charge on any atom is 0.323 e. The van der Waals surface area contributed by atoms with Crippen molar-refractivity contribution in [3.63, 3.8) is 0 Å². The Hall–Kier alpha value is -1.34. The second-order valence-corrected chi connectivity index (χ2v) is 6.59. The molecule has 0 unspecified atom stereocenters. The van der Waals surface area contributed by atoms with Crippen LogP contribution in [0.1, 0.15) is 20.8 Å². The zero-order valence-corrected chi connectivity index (χ0v) is 14.0. The number of hydrogen-bond acceptors (Lipinski definition) is 2. The number of carbonyl (C=O) groups is 2. The Morgan fingerprint density at radius 3 is 2.43 bits per heavy atom. The van der Waals surface area contributed by atoms with E-state index in [1.165, 1.54) is 0 Å². The maximum absolute atomic E-state index is 13.2. The first kappa shape index (κ1) is 17.7. The number of nitrogens with zero attached hydrogens (tertiary/aromatic N) is 1. The van der Waals surface area contributed by atoms with Crippen LogP contribution in [0.4, 0.5) is 14.9 Å². The third kappa shape index (κ3) is 4.86. The lowest BCUT2D eigenvalue weighted by atomic mass is 10.1. The average Bonchev–Trinajstić information content (AvgIpc) is 2.28. The number of rotatable bonds is 3. The second kappa shape index (κ2) is 6.62. The van der Waals surface area contributed by atoms with E-state index in [1.54, 1.807) is 20.8 Å². The first-order chi connectivity index (χ1) is 9.52. The number of anilines is 1. The fourth-order valence-electron chi connectivity index (χ4n) is 1.58. The number of carbonyl (C=O) groups excluding carboxylic acids is 1. The molecule has 0 saturated heterocycles. The molecule has 5 nitrogen and oxygen atoms in total. The summed E-state index contributed by atoms with van der Waals surface area (Å²) in [6.07, 6.45) is 0. The SMILES string of the molecule is CC(C)(C)N(CC(=O)O)C(=O)Nc1c(Cl)cc(F)cc1Br. The Kier molecular flexibility index (Phi) is 5.58. The topological polar surface area (TPSA) is 69.6 Å². The Balaban J connectivity index is 3.05. The number of aliphatic carboxylic acids is 1. The molecule has 0 aromatic heterocycles. The molecule has 0 atom stereocenters. The van der Waals surface area contributed by atoms with Gasteiger partial charge in [0.1, 0.15) is 12.4 Å². The molecule has 0 aliphatic heterocycles. The Bertz CT molecular complexity index is 552. The number of benzene rings is 1. The van der Waals surface area contributed by atoms with Crippen molar-refractivity contribution < 1.29 is 19.1 Å². The van der Waals surface area contributed by atoms with Crippen molar-refractivity contribution in [2.24, 2.45) is 0 Å². The van der Waals surface area contributed by atoms with Gasteiger partial charge in [-0.1, -0.05) is 11.6 Å². The van der Waals surface area contributed by atoms with Crippen molar-refractivity contribution in [1.82, 2.24) is 4.90 Å². The van der Waals surface area contributed by atoms with Crippen LogP contribution in [0.15, 0.2) is 16.6 Å².